The van der Waals surface area contributed by atoms with Crippen molar-refractivity contribution in [1.29, 1.82) is 0 Å². The predicted molar refractivity (Wildman–Crippen MR) is 25.6 cm³/mol. The Morgan fingerprint density at radius 1 is 1.67 bits per heavy atom. The quantitative estimate of drug-likeness (QED) is 0.455. The summed E-state index contributed by atoms with van der Waals surface area (Å²) >= 11 is 1.48. The van der Waals surface area contributed by atoms with E-state index < -0.39 is 0 Å². The van der Waals surface area contributed by atoms with Crippen molar-refractivity contribution in [3.05, 3.63) is 23.3 Å². The van der Waals surface area contributed by atoms with E-state index in [1.807, 2.05) is 5.41 Å². The molecule has 2 heteroatoms. The molecule has 6 heavy (non-hydrogen) atoms. The highest BCUT2D eigenvalue weighted by Crippen LogP contribution is 2.06. The lowest BCUT2D eigenvalue weighted by Crippen LogP contribution is -1.66. The van der Waals surface area contributed by atoms with Crippen LogP contribution in [0.25, 0.3) is 0 Å². The van der Waals surface area contributed by atoms with Gasteiger partial charge >= 0.3 is 0 Å². The first-order chi connectivity index (χ1) is 3.00. The Labute approximate surface area is 40.7 Å². The summed E-state index contributed by atoms with van der Waals surface area (Å²) in [5, 5.41) is 4.59. The van der Waals surface area contributed by atoms with Gasteiger partial charge in [0.25, 0.3) is 0 Å². The summed E-state index contributed by atoms with van der Waals surface area (Å²) in [5.74, 6) is 0. The van der Waals surface area contributed by atoms with Gasteiger partial charge in [0.05, 0.1) is 11.7 Å². The minimum absolute atomic E-state index is 1.48. The number of rotatable bonds is 0. The van der Waals surface area contributed by atoms with Crippen LogP contribution in [0.1, 0.15) is 0 Å². The zero-order valence-corrected chi connectivity index (χ0v) is 3.87. The van der Waals surface area contributed by atoms with Crippen LogP contribution < -0.4 is 0 Å². The predicted octanol–water partition coefficient (Wildman–Crippen LogP) is 1.50. The second-order valence-electron chi connectivity index (χ2n) is 0.762. The second-order valence-corrected chi connectivity index (χ2v) is 1.51. The Kier molecular flexibility index (Phi) is 1.22. The molecule has 1 aliphatic heterocycles. The molecule has 0 bridgehead atoms. The first kappa shape index (κ1) is 3.81. The van der Waals surface area contributed by atoms with Gasteiger partial charge in [0.2, 0.25) is 0 Å². The van der Waals surface area contributed by atoms with Gasteiger partial charge in [0, 0.05) is 5.41 Å². The summed E-state index contributed by atoms with van der Waals surface area (Å²) < 4.78 is 4.63. The van der Waals surface area contributed by atoms with Crippen LogP contribution in [0.2, 0.25) is 0 Å². The first-order valence-corrected chi connectivity index (χ1v) is 2.41. The molecule has 0 aliphatic carbocycles. The summed E-state index contributed by atoms with van der Waals surface area (Å²) in [7, 11) is 0. The highest BCUT2D eigenvalue weighted by atomic mass is 32.2. The van der Waals surface area contributed by atoms with E-state index in [0.29, 0.717) is 0 Å². The largest absolute Gasteiger partial charge is 0.471 e. The Hall–Kier alpha value is -0.370. The molecule has 1 nitrogen and oxygen atoms in total. The van der Waals surface area contributed by atoms with E-state index in [1.165, 1.54) is 18.0 Å². The number of ether oxygens (including phenoxy) is 1. The minimum atomic E-state index is 1.48. The van der Waals surface area contributed by atoms with Crippen LogP contribution >= 0.6 is 11.8 Å². The molecule has 0 aromatic rings. The summed E-state index contributed by atoms with van der Waals surface area (Å²) in [4.78, 5) is 0. The van der Waals surface area contributed by atoms with Crippen molar-refractivity contribution in [3.63, 3.8) is 0 Å². The molecule has 1 aliphatic rings. The van der Waals surface area contributed by atoms with Crippen molar-refractivity contribution in [1.82, 2.24) is 0 Å². The summed E-state index contributed by atoms with van der Waals surface area (Å²) in [6, 6.07) is 0. The zero-order valence-electron chi connectivity index (χ0n) is 3.05. The molecular weight excluding hydrogens is 96.1 g/mol. The topological polar surface area (TPSA) is 9.23 Å². The third-order valence-corrected chi connectivity index (χ3v) is 0.866. The molecule has 0 aromatic carbocycles. The van der Waals surface area contributed by atoms with Gasteiger partial charge in [-0.2, -0.15) is 0 Å². The fraction of sp³-hybridized carbons (Fsp3) is 0. The highest BCUT2D eigenvalue weighted by molar-refractivity contribution is 8.03. The molecule has 1 rings (SSSR count). The lowest BCUT2D eigenvalue weighted by molar-refractivity contribution is 0.402. The van der Waals surface area contributed by atoms with Gasteiger partial charge in [0.15, 0.2) is 0 Å². The highest BCUT2D eigenvalue weighted by Gasteiger charge is 1.77. The molecule has 0 saturated heterocycles. The molecular formula is C4H3OS. The molecule has 0 N–H and O–H groups in total. The average molecular weight is 99.1 g/mol. The van der Waals surface area contributed by atoms with Crippen molar-refractivity contribution in [3.8, 4) is 0 Å². The van der Waals surface area contributed by atoms with E-state index in [-0.39, 0.29) is 0 Å². The fourth-order valence-corrected chi connectivity index (χ4v) is 0.503. The van der Waals surface area contributed by atoms with Gasteiger partial charge in [0.1, 0.15) is 6.26 Å². The Morgan fingerprint density at radius 2 is 2.67 bits per heavy atom. The van der Waals surface area contributed by atoms with Gasteiger partial charge in [-0.1, -0.05) is 11.8 Å². The maximum absolute atomic E-state index is 4.63. The number of thioether (sulfide) groups is 1. The van der Waals surface area contributed by atoms with E-state index in [1.54, 1.807) is 6.26 Å². The number of hydrogen-bond acceptors (Lipinski definition) is 2. The molecule has 0 spiro atoms. The average Bonchev–Trinajstić information content (AvgIpc) is 1.72. The molecule has 1 heterocycles. The molecule has 1 radical (unpaired) electrons. The van der Waals surface area contributed by atoms with Crippen molar-refractivity contribution in [2.24, 2.45) is 0 Å². The smallest absolute Gasteiger partial charge is 0.105 e. The maximum atomic E-state index is 4.63. The van der Waals surface area contributed by atoms with Crippen LogP contribution in [-0.4, -0.2) is 0 Å². The summed E-state index contributed by atoms with van der Waals surface area (Å²) in [6.45, 7) is 0. The van der Waals surface area contributed by atoms with Crippen molar-refractivity contribution >= 4 is 11.8 Å². The number of hydrogen-bond donors (Lipinski definition) is 0. The van der Waals surface area contributed by atoms with Gasteiger partial charge in [-0.15, -0.1) is 0 Å². The van der Waals surface area contributed by atoms with Crippen molar-refractivity contribution in [2.45, 2.75) is 0 Å². The maximum Gasteiger partial charge on any atom is 0.105 e. The van der Waals surface area contributed by atoms with Crippen molar-refractivity contribution < 1.29 is 4.74 Å². The standard InChI is InChI=1S/C4H3OS/c1-3-6-4-2-5-1/h1-3H. The second kappa shape index (κ2) is 1.92. The molecule has 0 aromatic heterocycles. The monoisotopic (exact) mass is 99.0 g/mol. The summed E-state index contributed by atoms with van der Waals surface area (Å²) in [5.41, 5.74) is 0. The van der Waals surface area contributed by atoms with Crippen LogP contribution in [0.3, 0.4) is 0 Å². The lowest BCUT2D eigenvalue weighted by Gasteiger charge is -1.90. The zero-order chi connectivity index (χ0) is 4.24. The molecule has 0 atom stereocenters. The van der Waals surface area contributed by atoms with E-state index in [4.69, 9.17) is 0 Å². The van der Waals surface area contributed by atoms with E-state index in [0.717, 1.165) is 0 Å². The van der Waals surface area contributed by atoms with Crippen LogP contribution in [0.5, 0.6) is 0 Å². The van der Waals surface area contributed by atoms with Gasteiger partial charge in [-0.05, 0) is 0 Å². The molecule has 0 unspecified atom stereocenters. The van der Waals surface area contributed by atoms with Gasteiger partial charge < -0.3 is 4.74 Å². The molecule has 31 valence electrons. The van der Waals surface area contributed by atoms with E-state index >= 15 is 0 Å². The lowest BCUT2D eigenvalue weighted by atomic mass is 11.0. The van der Waals surface area contributed by atoms with Gasteiger partial charge in [-0.3, -0.25) is 0 Å². The first-order valence-electron chi connectivity index (χ1n) is 1.53. The van der Waals surface area contributed by atoms with Crippen LogP contribution in [0.15, 0.2) is 17.9 Å². The third-order valence-electron chi connectivity index (χ3n) is 0.386. The molecule has 0 saturated carbocycles. The normalized spacial score (nSPS) is 17.3. The fourth-order valence-electron chi connectivity index (χ4n) is 0.194. The van der Waals surface area contributed by atoms with Crippen LogP contribution in [0, 0.1) is 5.41 Å². The Balaban J connectivity index is 2.40. The SMILES string of the molecule is [C]1=COC=CS1. The minimum Gasteiger partial charge on any atom is -0.471 e. The summed E-state index contributed by atoms with van der Waals surface area (Å²) in [6.07, 6.45) is 3.13. The van der Waals surface area contributed by atoms with Crippen LogP contribution in [0.4, 0.5) is 0 Å². The van der Waals surface area contributed by atoms with Crippen molar-refractivity contribution in [2.75, 3.05) is 0 Å². The molecule has 0 fully saturated rings. The molecule has 0 amide bonds. The third kappa shape index (κ3) is 0.792. The van der Waals surface area contributed by atoms with Gasteiger partial charge in [-0.25, -0.2) is 0 Å². The Bertz CT molecular complexity index is 65.5. The Morgan fingerprint density at radius 3 is 2.83 bits per heavy atom. The van der Waals surface area contributed by atoms with E-state index in [9.17, 15) is 0 Å². The van der Waals surface area contributed by atoms with Crippen LogP contribution in [-0.2, 0) is 4.74 Å². The van der Waals surface area contributed by atoms with E-state index in [2.05, 4.69) is 10.1 Å².